The Kier molecular flexibility index (Phi) is 5.38. The van der Waals surface area contributed by atoms with Gasteiger partial charge in [0, 0.05) is 19.5 Å². The van der Waals surface area contributed by atoms with Crippen LogP contribution in [0.15, 0.2) is 30.3 Å². The second-order valence-corrected chi connectivity index (χ2v) is 7.36. The van der Waals surface area contributed by atoms with Crippen molar-refractivity contribution in [3.05, 3.63) is 47.5 Å². The second-order valence-electron chi connectivity index (χ2n) is 7.36. The van der Waals surface area contributed by atoms with Gasteiger partial charge in [0.15, 0.2) is 5.82 Å². The average Bonchev–Trinajstić information content (AvgIpc) is 3.28. The highest BCUT2D eigenvalue weighted by atomic mass is 19.4. The van der Waals surface area contributed by atoms with Gasteiger partial charge < -0.3 is 14.8 Å². The molecule has 12 heteroatoms. The van der Waals surface area contributed by atoms with Crippen molar-refractivity contribution in [2.45, 2.75) is 44.7 Å². The third-order valence-electron chi connectivity index (χ3n) is 5.30. The number of fused-ring (bicyclic) bond motifs is 1. The normalized spacial score (nSPS) is 18.9. The molecule has 4 amide bonds. The molecule has 4 rings (SSSR count). The van der Waals surface area contributed by atoms with Crippen molar-refractivity contribution in [2.24, 2.45) is 0 Å². The predicted octanol–water partition coefficient (Wildman–Crippen LogP) is 1.54. The number of urea groups is 1. The van der Waals surface area contributed by atoms with E-state index in [1.54, 1.807) is 24.3 Å². The predicted molar refractivity (Wildman–Crippen MR) is 99.0 cm³/mol. The van der Waals surface area contributed by atoms with E-state index >= 15 is 0 Å². The number of nitrogens with one attached hydrogen (secondary N) is 1. The lowest BCUT2D eigenvalue weighted by molar-refractivity contribution is -0.148. The number of alkyl halides is 3. The Morgan fingerprint density at radius 2 is 1.87 bits per heavy atom. The number of halogens is 3. The summed E-state index contributed by atoms with van der Waals surface area (Å²) in [4.78, 5) is 39.7. The van der Waals surface area contributed by atoms with Gasteiger partial charge in [0.05, 0.1) is 13.1 Å². The number of rotatable bonds is 5. The maximum absolute atomic E-state index is 12.9. The molecule has 0 radical (unpaired) electrons. The van der Waals surface area contributed by atoms with Crippen LogP contribution < -0.4 is 5.32 Å². The van der Waals surface area contributed by atoms with E-state index in [0.29, 0.717) is 0 Å². The minimum Gasteiger partial charge on any atom is -0.333 e. The van der Waals surface area contributed by atoms with Crippen LogP contribution >= 0.6 is 0 Å². The summed E-state index contributed by atoms with van der Waals surface area (Å²) in [5.41, 5.74) is 0.804. The summed E-state index contributed by atoms with van der Waals surface area (Å²) < 4.78 is 39.7. The fraction of sp³-hybridized carbons (Fsp3) is 0.421. The summed E-state index contributed by atoms with van der Waals surface area (Å²) in [6, 6.07) is 7.72. The average molecular weight is 436 g/mol. The maximum Gasteiger partial charge on any atom is 0.451 e. The molecule has 0 spiro atoms. The van der Waals surface area contributed by atoms with Crippen LogP contribution in [0, 0.1) is 0 Å². The van der Waals surface area contributed by atoms with Crippen molar-refractivity contribution >= 4 is 17.8 Å². The molecular weight excluding hydrogens is 417 g/mol. The highest BCUT2D eigenvalue weighted by Gasteiger charge is 2.41. The Balaban J connectivity index is 1.33. The maximum atomic E-state index is 12.9. The largest absolute Gasteiger partial charge is 0.451 e. The molecule has 9 nitrogen and oxygen atoms in total. The van der Waals surface area contributed by atoms with E-state index in [-0.39, 0.29) is 50.8 Å². The molecule has 31 heavy (non-hydrogen) atoms. The molecule has 164 valence electrons. The van der Waals surface area contributed by atoms with Crippen molar-refractivity contribution in [3.8, 4) is 0 Å². The van der Waals surface area contributed by atoms with Gasteiger partial charge in [-0.25, -0.2) is 4.79 Å². The molecular formula is C19H19F3N6O3. The summed E-state index contributed by atoms with van der Waals surface area (Å²) in [6.07, 6.45) is -4.54. The zero-order chi connectivity index (χ0) is 22.2. The number of benzene rings is 1. The molecule has 1 N–H and O–H groups in total. The van der Waals surface area contributed by atoms with Crippen molar-refractivity contribution in [1.29, 1.82) is 0 Å². The lowest BCUT2D eigenvalue weighted by Gasteiger charge is -2.28. The van der Waals surface area contributed by atoms with Crippen LogP contribution in [-0.4, -0.2) is 55.0 Å². The molecule has 2 aromatic rings. The van der Waals surface area contributed by atoms with E-state index in [1.807, 2.05) is 6.07 Å². The number of imide groups is 1. The van der Waals surface area contributed by atoms with Gasteiger partial charge in [0.1, 0.15) is 6.04 Å². The van der Waals surface area contributed by atoms with Crippen molar-refractivity contribution in [3.63, 3.8) is 0 Å². The van der Waals surface area contributed by atoms with E-state index in [9.17, 15) is 27.6 Å². The summed E-state index contributed by atoms with van der Waals surface area (Å²) in [5.74, 6) is -1.75. The Hall–Kier alpha value is -3.44. The van der Waals surface area contributed by atoms with E-state index in [0.717, 1.165) is 15.0 Å². The molecule has 1 atom stereocenters. The van der Waals surface area contributed by atoms with Crippen LogP contribution in [0.2, 0.25) is 0 Å². The zero-order valence-electron chi connectivity index (χ0n) is 16.3. The summed E-state index contributed by atoms with van der Waals surface area (Å²) in [6.45, 7) is 0.0667. The number of hydrogen-bond donors (Lipinski definition) is 1. The third kappa shape index (κ3) is 4.23. The summed E-state index contributed by atoms with van der Waals surface area (Å²) >= 11 is 0. The first-order valence-electron chi connectivity index (χ1n) is 9.67. The molecule has 1 aromatic carbocycles. The quantitative estimate of drug-likeness (QED) is 0.717. The molecule has 2 aliphatic rings. The minimum absolute atomic E-state index is 0.0316. The topological polar surface area (TPSA) is 100 Å². The number of amides is 4. The van der Waals surface area contributed by atoms with Crippen molar-refractivity contribution in [2.75, 3.05) is 6.54 Å². The van der Waals surface area contributed by atoms with Crippen LogP contribution in [0.4, 0.5) is 18.0 Å². The standard InChI is InChI=1S/C19H19F3N6O3/c20-19(21,22)17-25-24-14-11-26(8-9-27(14)17)15(29)7-6-13-16(30)28(18(31)23-13)10-12-4-2-1-3-5-12/h1-5,13H,6-11H2,(H,23,31). The number of aromatic nitrogens is 3. The van der Waals surface area contributed by atoms with Crippen LogP contribution in [0.3, 0.4) is 0 Å². The molecule has 1 saturated heterocycles. The Bertz CT molecular complexity index is 1010. The molecule has 2 aliphatic heterocycles. The van der Waals surface area contributed by atoms with E-state index < -0.39 is 30.0 Å². The van der Waals surface area contributed by atoms with Gasteiger partial charge in [0.2, 0.25) is 11.7 Å². The fourth-order valence-corrected chi connectivity index (χ4v) is 3.69. The van der Waals surface area contributed by atoms with Gasteiger partial charge >= 0.3 is 12.2 Å². The first-order valence-corrected chi connectivity index (χ1v) is 9.67. The Morgan fingerprint density at radius 3 is 2.58 bits per heavy atom. The van der Waals surface area contributed by atoms with Crippen LogP contribution in [0.25, 0.3) is 0 Å². The van der Waals surface area contributed by atoms with Crippen LogP contribution in [-0.2, 0) is 35.4 Å². The van der Waals surface area contributed by atoms with Crippen LogP contribution in [0.5, 0.6) is 0 Å². The van der Waals surface area contributed by atoms with Crippen molar-refractivity contribution in [1.82, 2.24) is 29.9 Å². The monoisotopic (exact) mass is 436 g/mol. The SMILES string of the molecule is O=C(CCC1NC(=O)N(Cc2ccccc2)C1=O)N1CCn2c(nnc2C(F)(F)F)C1. The lowest BCUT2D eigenvalue weighted by atomic mass is 10.1. The molecule has 1 fully saturated rings. The summed E-state index contributed by atoms with van der Waals surface area (Å²) in [7, 11) is 0. The molecule has 0 aliphatic carbocycles. The number of carbonyl (C=O) groups is 3. The number of carbonyl (C=O) groups excluding carboxylic acids is 3. The highest BCUT2D eigenvalue weighted by Crippen LogP contribution is 2.29. The van der Waals surface area contributed by atoms with Gasteiger partial charge in [-0.2, -0.15) is 13.2 Å². The van der Waals surface area contributed by atoms with Gasteiger partial charge in [0.25, 0.3) is 5.91 Å². The van der Waals surface area contributed by atoms with Gasteiger partial charge in [-0.05, 0) is 12.0 Å². The molecule has 0 bridgehead atoms. The number of hydrogen-bond acceptors (Lipinski definition) is 5. The van der Waals surface area contributed by atoms with Gasteiger partial charge in [-0.1, -0.05) is 30.3 Å². The molecule has 0 saturated carbocycles. The van der Waals surface area contributed by atoms with Crippen molar-refractivity contribution < 1.29 is 27.6 Å². The van der Waals surface area contributed by atoms with E-state index in [4.69, 9.17) is 0 Å². The smallest absolute Gasteiger partial charge is 0.333 e. The fourth-order valence-electron chi connectivity index (χ4n) is 3.69. The second kappa shape index (κ2) is 8.00. The lowest BCUT2D eigenvalue weighted by Crippen LogP contribution is -2.40. The Morgan fingerprint density at radius 1 is 1.13 bits per heavy atom. The van der Waals surface area contributed by atoms with E-state index in [2.05, 4.69) is 15.5 Å². The number of nitrogens with zero attached hydrogens (tertiary/aromatic N) is 5. The molecule has 1 unspecified atom stereocenters. The molecule has 1 aromatic heterocycles. The zero-order valence-corrected chi connectivity index (χ0v) is 16.3. The van der Waals surface area contributed by atoms with E-state index in [1.165, 1.54) is 4.90 Å². The Labute approximate surface area is 174 Å². The van der Waals surface area contributed by atoms with Crippen LogP contribution in [0.1, 0.15) is 30.1 Å². The first-order chi connectivity index (χ1) is 14.7. The first kappa shape index (κ1) is 20.8. The molecule has 3 heterocycles. The minimum atomic E-state index is -4.61. The summed E-state index contributed by atoms with van der Waals surface area (Å²) in [5, 5.41) is 9.31. The van der Waals surface area contributed by atoms with Gasteiger partial charge in [-0.3, -0.25) is 14.5 Å². The third-order valence-corrected chi connectivity index (χ3v) is 5.30. The van der Waals surface area contributed by atoms with Gasteiger partial charge in [-0.15, -0.1) is 10.2 Å². The highest BCUT2D eigenvalue weighted by molar-refractivity contribution is 6.04.